The van der Waals surface area contributed by atoms with Crippen LogP contribution in [-0.2, 0) is 0 Å². The SMILES string of the molecule is Cc1cc(=O)oc2cc([NH3+])ccc12. The van der Waals surface area contributed by atoms with Crippen LogP contribution in [0, 0.1) is 6.92 Å². The van der Waals surface area contributed by atoms with Gasteiger partial charge < -0.3 is 10.2 Å². The number of hydrogen-bond donors (Lipinski definition) is 1. The average Bonchev–Trinajstić information content (AvgIpc) is 2.02. The fraction of sp³-hybridized carbons (Fsp3) is 0.100. The molecule has 0 fully saturated rings. The number of hydrogen-bond acceptors (Lipinski definition) is 2. The van der Waals surface area contributed by atoms with Crippen molar-refractivity contribution in [3.05, 3.63) is 40.2 Å². The van der Waals surface area contributed by atoms with Gasteiger partial charge in [-0.25, -0.2) is 4.79 Å². The van der Waals surface area contributed by atoms with Gasteiger partial charge in [-0.15, -0.1) is 0 Å². The van der Waals surface area contributed by atoms with Crippen LogP contribution in [0.2, 0.25) is 0 Å². The van der Waals surface area contributed by atoms with Crippen molar-refractivity contribution in [3.8, 4) is 0 Å². The second-order valence-corrected chi connectivity index (χ2v) is 3.08. The largest absolute Gasteiger partial charge is 0.422 e. The second-order valence-electron chi connectivity index (χ2n) is 3.08. The minimum atomic E-state index is -0.310. The molecule has 0 aliphatic carbocycles. The fourth-order valence-corrected chi connectivity index (χ4v) is 1.37. The van der Waals surface area contributed by atoms with Gasteiger partial charge in [0.15, 0.2) is 0 Å². The highest BCUT2D eigenvalue weighted by Gasteiger charge is 2.02. The Morgan fingerprint density at radius 2 is 2.08 bits per heavy atom. The Morgan fingerprint density at radius 3 is 2.85 bits per heavy atom. The molecule has 0 bridgehead atoms. The van der Waals surface area contributed by atoms with Crippen LogP contribution in [0.3, 0.4) is 0 Å². The zero-order valence-electron chi connectivity index (χ0n) is 7.33. The van der Waals surface area contributed by atoms with Gasteiger partial charge in [0.05, 0.1) is 0 Å². The third kappa shape index (κ3) is 1.34. The Morgan fingerprint density at radius 1 is 1.31 bits per heavy atom. The maximum absolute atomic E-state index is 11.0. The third-order valence-electron chi connectivity index (χ3n) is 2.02. The first-order chi connectivity index (χ1) is 6.16. The molecule has 2 aromatic rings. The van der Waals surface area contributed by atoms with Crippen LogP contribution in [0.1, 0.15) is 5.56 Å². The van der Waals surface area contributed by atoms with Gasteiger partial charge in [-0.3, -0.25) is 0 Å². The molecule has 0 saturated carbocycles. The molecular formula is C10H10NO2+. The van der Waals surface area contributed by atoms with Gasteiger partial charge in [-0.1, -0.05) is 0 Å². The summed E-state index contributed by atoms with van der Waals surface area (Å²) < 4.78 is 5.03. The Balaban J connectivity index is 2.94. The fourth-order valence-electron chi connectivity index (χ4n) is 1.37. The predicted molar refractivity (Wildman–Crippen MR) is 49.8 cm³/mol. The molecule has 66 valence electrons. The lowest BCUT2D eigenvalue weighted by molar-refractivity contribution is -0.254. The van der Waals surface area contributed by atoms with Crippen molar-refractivity contribution < 1.29 is 10.2 Å². The Labute approximate surface area is 74.8 Å². The molecule has 0 atom stereocenters. The number of quaternary nitrogens is 1. The summed E-state index contributed by atoms with van der Waals surface area (Å²) in [6.07, 6.45) is 0. The molecule has 1 aromatic carbocycles. The Kier molecular flexibility index (Phi) is 1.67. The van der Waals surface area contributed by atoms with Gasteiger partial charge >= 0.3 is 5.63 Å². The van der Waals surface area contributed by atoms with Gasteiger partial charge in [-0.2, -0.15) is 0 Å². The lowest BCUT2D eigenvalue weighted by Crippen LogP contribution is -2.39. The van der Waals surface area contributed by atoms with Crippen molar-refractivity contribution in [1.82, 2.24) is 0 Å². The molecular weight excluding hydrogens is 166 g/mol. The minimum Gasteiger partial charge on any atom is -0.422 e. The molecule has 0 aliphatic heterocycles. The van der Waals surface area contributed by atoms with E-state index in [0.29, 0.717) is 5.58 Å². The smallest absolute Gasteiger partial charge is 0.336 e. The lowest BCUT2D eigenvalue weighted by atomic mass is 10.1. The predicted octanol–water partition coefficient (Wildman–Crippen LogP) is 0.975. The highest BCUT2D eigenvalue weighted by atomic mass is 16.4. The van der Waals surface area contributed by atoms with Crippen molar-refractivity contribution in [3.63, 3.8) is 0 Å². The molecule has 13 heavy (non-hydrogen) atoms. The lowest BCUT2D eigenvalue weighted by Gasteiger charge is -1.98. The molecule has 3 N–H and O–H groups in total. The van der Waals surface area contributed by atoms with E-state index >= 15 is 0 Å². The third-order valence-corrected chi connectivity index (χ3v) is 2.02. The summed E-state index contributed by atoms with van der Waals surface area (Å²) in [4.78, 5) is 11.0. The quantitative estimate of drug-likeness (QED) is 0.608. The van der Waals surface area contributed by atoms with E-state index in [1.54, 1.807) is 6.07 Å². The molecule has 2 rings (SSSR count). The van der Waals surface area contributed by atoms with Crippen LogP contribution in [0.5, 0.6) is 0 Å². The molecule has 1 aromatic heterocycles. The van der Waals surface area contributed by atoms with Crippen molar-refractivity contribution in [1.29, 1.82) is 0 Å². The molecule has 0 spiro atoms. The highest BCUT2D eigenvalue weighted by molar-refractivity contribution is 5.81. The summed E-state index contributed by atoms with van der Waals surface area (Å²) in [6.45, 7) is 1.89. The summed E-state index contributed by atoms with van der Waals surface area (Å²) in [5, 5.41) is 0.965. The molecule has 3 heteroatoms. The van der Waals surface area contributed by atoms with E-state index in [0.717, 1.165) is 16.6 Å². The van der Waals surface area contributed by atoms with E-state index in [1.807, 2.05) is 19.1 Å². The number of aryl methyl sites for hydroxylation is 1. The van der Waals surface area contributed by atoms with Crippen LogP contribution in [0.25, 0.3) is 11.0 Å². The molecule has 1 heterocycles. The van der Waals surface area contributed by atoms with E-state index in [1.165, 1.54) is 6.07 Å². The van der Waals surface area contributed by atoms with Gasteiger partial charge in [0.25, 0.3) is 0 Å². The van der Waals surface area contributed by atoms with Crippen LogP contribution in [0.4, 0.5) is 5.69 Å². The standard InChI is InChI=1S/C10H9NO2/c1-6-4-10(12)13-9-5-7(11)2-3-8(6)9/h2-5H,11H2,1H3/p+1. The average molecular weight is 176 g/mol. The summed E-state index contributed by atoms with van der Waals surface area (Å²) in [6, 6.07) is 7.07. The van der Waals surface area contributed by atoms with Gasteiger partial charge in [0, 0.05) is 17.5 Å². The Bertz CT molecular complexity index is 514. The zero-order chi connectivity index (χ0) is 9.42. The number of fused-ring (bicyclic) bond motifs is 1. The van der Waals surface area contributed by atoms with Crippen LogP contribution in [0.15, 0.2) is 33.5 Å². The van der Waals surface area contributed by atoms with Gasteiger partial charge in [0.1, 0.15) is 11.3 Å². The van der Waals surface area contributed by atoms with Crippen molar-refractivity contribution in [2.45, 2.75) is 6.92 Å². The normalized spacial score (nSPS) is 10.6. The summed E-state index contributed by atoms with van der Waals surface area (Å²) >= 11 is 0. The topological polar surface area (TPSA) is 57.9 Å². The molecule has 0 amide bonds. The van der Waals surface area contributed by atoms with Crippen molar-refractivity contribution >= 4 is 16.7 Å². The van der Waals surface area contributed by atoms with E-state index in [4.69, 9.17) is 4.42 Å². The van der Waals surface area contributed by atoms with E-state index in [2.05, 4.69) is 5.73 Å². The first-order valence-corrected chi connectivity index (χ1v) is 4.03. The summed E-state index contributed by atoms with van der Waals surface area (Å²) in [5.41, 5.74) is 5.85. The maximum Gasteiger partial charge on any atom is 0.336 e. The molecule has 0 saturated heterocycles. The molecule has 0 unspecified atom stereocenters. The maximum atomic E-state index is 11.0. The molecule has 3 nitrogen and oxygen atoms in total. The van der Waals surface area contributed by atoms with Crippen LogP contribution < -0.4 is 11.4 Å². The first-order valence-electron chi connectivity index (χ1n) is 4.03. The van der Waals surface area contributed by atoms with E-state index in [9.17, 15) is 4.79 Å². The second kappa shape index (κ2) is 2.71. The van der Waals surface area contributed by atoms with E-state index in [-0.39, 0.29) is 5.63 Å². The van der Waals surface area contributed by atoms with Gasteiger partial charge in [-0.05, 0) is 24.6 Å². The highest BCUT2D eigenvalue weighted by Crippen LogP contribution is 2.17. The zero-order valence-corrected chi connectivity index (χ0v) is 7.33. The number of benzene rings is 1. The first kappa shape index (κ1) is 8.01. The van der Waals surface area contributed by atoms with Crippen molar-refractivity contribution in [2.75, 3.05) is 0 Å². The molecule has 0 aliphatic rings. The molecule has 0 radical (unpaired) electrons. The summed E-state index contributed by atoms with van der Waals surface area (Å²) in [5.74, 6) is 0. The van der Waals surface area contributed by atoms with Crippen LogP contribution >= 0.6 is 0 Å². The van der Waals surface area contributed by atoms with Gasteiger partial charge in [0.2, 0.25) is 0 Å². The van der Waals surface area contributed by atoms with Crippen LogP contribution in [-0.4, -0.2) is 0 Å². The Hall–Kier alpha value is -1.61. The van der Waals surface area contributed by atoms with E-state index < -0.39 is 0 Å². The number of rotatable bonds is 0. The minimum absolute atomic E-state index is 0.310. The summed E-state index contributed by atoms with van der Waals surface area (Å²) in [7, 11) is 0. The monoisotopic (exact) mass is 176 g/mol. The van der Waals surface area contributed by atoms with Crippen molar-refractivity contribution in [2.24, 2.45) is 0 Å².